The number of hydrogen-bond acceptors (Lipinski definition) is 1. The van der Waals surface area contributed by atoms with E-state index >= 15 is 0 Å². The van der Waals surface area contributed by atoms with Crippen molar-refractivity contribution in [3.05, 3.63) is 0 Å². The molecule has 1 radical (unpaired) electrons. The van der Waals surface area contributed by atoms with E-state index in [0.717, 1.165) is 0 Å². The van der Waals surface area contributed by atoms with E-state index in [1.54, 1.807) is 0 Å². The Morgan fingerprint density at radius 1 is 1.36 bits per heavy atom. The largest absolute Gasteiger partial charge is 0.321 e. The quantitative estimate of drug-likeness (QED) is 0.543. The molecular weight excluding hydrogens is 166 g/mol. The lowest BCUT2D eigenvalue weighted by Gasteiger charge is -2.41. The number of carbonyl (C=O) groups excluding carboxylic acids is 1. The first-order chi connectivity index (χ1) is 4.79. The lowest BCUT2D eigenvalue weighted by atomic mass is 9.76. The van der Waals surface area contributed by atoms with Crippen LogP contribution in [0.1, 0.15) is 6.42 Å². The molecule has 0 saturated heterocycles. The molecule has 1 saturated carbocycles. The van der Waals surface area contributed by atoms with Gasteiger partial charge in [0.15, 0.2) is 0 Å². The van der Waals surface area contributed by atoms with E-state index in [4.69, 9.17) is 5.73 Å². The van der Waals surface area contributed by atoms with Gasteiger partial charge in [-0.2, -0.15) is 17.6 Å². The van der Waals surface area contributed by atoms with Gasteiger partial charge in [0.05, 0.1) is 0 Å². The van der Waals surface area contributed by atoms with Gasteiger partial charge in [-0.3, -0.25) is 10.5 Å². The molecular formula is C5H4F4NO. The number of halogens is 4. The monoisotopic (exact) mass is 170 g/mol. The maximum atomic E-state index is 12.1. The van der Waals surface area contributed by atoms with Crippen molar-refractivity contribution in [2.45, 2.75) is 18.3 Å². The number of hydrogen-bond donors (Lipinski definition) is 0. The van der Waals surface area contributed by atoms with Crippen LogP contribution in [0.25, 0.3) is 0 Å². The molecule has 1 unspecified atom stereocenters. The fourth-order valence-electron chi connectivity index (χ4n) is 0.902. The second kappa shape index (κ2) is 1.86. The van der Waals surface area contributed by atoms with Crippen LogP contribution in [-0.4, -0.2) is 17.8 Å². The number of nitrogens with one attached hydrogen (secondary N) is 1. The summed E-state index contributed by atoms with van der Waals surface area (Å²) in [7, 11) is 0. The maximum absolute atomic E-state index is 12.1. The summed E-state index contributed by atoms with van der Waals surface area (Å²) < 4.78 is 48.2. The van der Waals surface area contributed by atoms with E-state index < -0.39 is 30.1 Å². The average Bonchev–Trinajstić information content (AvgIpc) is 1.82. The molecule has 0 aromatic carbocycles. The number of rotatable bonds is 1. The maximum Gasteiger partial charge on any atom is 0.321 e. The van der Waals surface area contributed by atoms with Crippen LogP contribution in [0.2, 0.25) is 0 Å². The molecule has 1 atom stereocenters. The van der Waals surface area contributed by atoms with Crippen LogP contribution in [0, 0.1) is 5.92 Å². The van der Waals surface area contributed by atoms with Gasteiger partial charge in [-0.05, 0) is 0 Å². The standard InChI is InChI=1S/C5H4F4NO/c6-4(7)1-2(3(10)11)5(4,8)9/h2,10H,1H2. The van der Waals surface area contributed by atoms with Crippen LogP contribution in [0.3, 0.4) is 0 Å². The van der Waals surface area contributed by atoms with Crippen molar-refractivity contribution in [1.29, 1.82) is 0 Å². The summed E-state index contributed by atoms with van der Waals surface area (Å²) in [6, 6.07) is 0. The molecule has 0 aromatic heterocycles. The van der Waals surface area contributed by atoms with E-state index in [-0.39, 0.29) is 0 Å². The third-order valence-electron chi connectivity index (χ3n) is 1.70. The Bertz CT molecular complexity index is 203. The van der Waals surface area contributed by atoms with Crippen LogP contribution >= 0.6 is 0 Å². The minimum Gasteiger partial charge on any atom is -0.273 e. The Balaban J connectivity index is 2.77. The minimum absolute atomic E-state index is 1.21. The fourth-order valence-corrected chi connectivity index (χ4v) is 0.902. The fraction of sp³-hybridized carbons (Fsp3) is 0.800. The summed E-state index contributed by atoms with van der Waals surface area (Å²) >= 11 is 0. The van der Waals surface area contributed by atoms with E-state index in [0.29, 0.717) is 0 Å². The molecule has 63 valence electrons. The zero-order chi connectivity index (χ0) is 8.86. The first-order valence-corrected chi connectivity index (χ1v) is 2.80. The lowest BCUT2D eigenvalue weighted by Crippen LogP contribution is -2.61. The smallest absolute Gasteiger partial charge is 0.273 e. The highest BCUT2D eigenvalue weighted by atomic mass is 19.3. The molecule has 0 spiro atoms. The van der Waals surface area contributed by atoms with Crippen LogP contribution in [0.4, 0.5) is 17.6 Å². The summed E-state index contributed by atoms with van der Waals surface area (Å²) in [4.78, 5) is 9.98. The van der Waals surface area contributed by atoms with Crippen molar-refractivity contribution < 1.29 is 22.4 Å². The molecule has 11 heavy (non-hydrogen) atoms. The van der Waals surface area contributed by atoms with Crippen LogP contribution in [-0.2, 0) is 4.79 Å². The van der Waals surface area contributed by atoms with Gasteiger partial charge in [-0.15, -0.1) is 0 Å². The molecule has 1 aliphatic rings. The van der Waals surface area contributed by atoms with Gasteiger partial charge in [-0.1, -0.05) is 0 Å². The Labute approximate surface area is 59.4 Å². The highest BCUT2D eigenvalue weighted by Gasteiger charge is 2.73. The van der Waals surface area contributed by atoms with Crippen molar-refractivity contribution in [2.75, 3.05) is 0 Å². The topological polar surface area (TPSA) is 40.9 Å². The number of alkyl halides is 4. The predicted octanol–water partition coefficient (Wildman–Crippen LogP) is 1.09. The number of amides is 1. The second-order valence-electron chi connectivity index (χ2n) is 2.45. The summed E-state index contributed by atoms with van der Waals surface area (Å²) in [6.45, 7) is 0. The molecule has 1 aliphatic carbocycles. The van der Waals surface area contributed by atoms with E-state index in [2.05, 4.69) is 0 Å². The molecule has 1 amide bonds. The van der Waals surface area contributed by atoms with Crippen molar-refractivity contribution in [1.82, 2.24) is 5.73 Å². The van der Waals surface area contributed by atoms with Gasteiger partial charge in [0.1, 0.15) is 5.92 Å². The first kappa shape index (κ1) is 8.29. The zero-order valence-corrected chi connectivity index (χ0v) is 5.20. The SMILES string of the molecule is [NH]C(=O)C1CC(F)(F)C1(F)F. The molecule has 0 aliphatic heterocycles. The summed E-state index contributed by atoms with van der Waals surface area (Å²) in [6.07, 6.45) is -1.21. The summed E-state index contributed by atoms with van der Waals surface area (Å²) in [5.41, 5.74) is 6.21. The van der Waals surface area contributed by atoms with Gasteiger partial charge in [0.25, 0.3) is 0 Å². The lowest BCUT2D eigenvalue weighted by molar-refractivity contribution is -0.304. The highest BCUT2D eigenvalue weighted by molar-refractivity contribution is 5.78. The van der Waals surface area contributed by atoms with Crippen molar-refractivity contribution >= 4 is 5.91 Å². The van der Waals surface area contributed by atoms with Gasteiger partial charge >= 0.3 is 11.8 Å². The van der Waals surface area contributed by atoms with Crippen molar-refractivity contribution in [3.8, 4) is 0 Å². The Kier molecular flexibility index (Phi) is 1.40. The van der Waals surface area contributed by atoms with Crippen molar-refractivity contribution in [2.24, 2.45) is 5.92 Å². The third kappa shape index (κ3) is 0.883. The van der Waals surface area contributed by atoms with E-state index in [9.17, 15) is 22.4 Å². The van der Waals surface area contributed by atoms with Crippen LogP contribution in [0.5, 0.6) is 0 Å². The zero-order valence-electron chi connectivity index (χ0n) is 5.20. The normalized spacial score (nSPS) is 32.5. The van der Waals surface area contributed by atoms with Gasteiger partial charge in [-0.25, -0.2) is 0 Å². The van der Waals surface area contributed by atoms with Gasteiger partial charge < -0.3 is 0 Å². The van der Waals surface area contributed by atoms with Crippen LogP contribution in [0.15, 0.2) is 0 Å². The Hall–Kier alpha value is -0.810. The van der Waals surface area contributed by atoms with Crippen LogP contribution < -0.4 is 5.73 Å². The molecule has 6 heteroatoms. The number of carbonyl (C=O) groups is 1. The summed E-state index contributed by atoms with van der Waals surface area (Å²) in [5, 5.41) is 0. The van der Waals surface area contributed by atoms with Gasteiger partial charge in [0, 0.05) is 6.42 Å². The molecule has 0 aromatic rings. The van der Waals surface area contributed by atoms with Crippen molar-refractivity contribution in [3.63, 3.8) is 0 Å². The average molecular weight is 170 g/mol. The summed E-state index contributed by atoms with van der Waals surface area (Å²) in [5.74, 6) is -12.2. The molecule has 0 heterocycles. The molecule has 1 fully saturated rings. The third-order valence-corrected chi connectivity index (χ3v) is 1.70. The van der Waals surface area contributed by atoms with E-state index in [1.807, 2.05) is 0 Å². The Morgan fingerprint density at radius 2 is 1.82 bits per heavy atom. The minimum atomic E-state index is -4.31. The Morgan fingerprint density at radius 3 is 1.91 bits per heavy atom. The second-order valence-corrected chi connectivity index (χ2v) is 2.45. The van der Waals surface area contributed by atoms with E-state index in [1.165, 1.54) is 0 Å². The first-order valence-electron chi connectivity index (χ1n) is 2.80. The highest BCUT2D eigenvalue weighted by Crippen LogP contribution is 2.55. The molecule has 1 rings (SSSR count). The molecule has 0 bridgehead atoms. The molecule has 1 N–H and O–H groups in total. The molecule has 2 nitrogen and oxygen atoms in total. The predicted molar refractivity (Wildman–Crippen MR) is 26.1 cm³/mol. The van der Waals surface area contributed by atoms with Gasteiger partial charge in [0.2, 0.25) is 5.91 Å².